The highest BCUT2D eigenvalue weighted by molar-refractivity contribution is 7.89. The molecule has 7 heteroatoms. The molecule has 0 unspecified atom stereocenters. The van der Waals surface area contributed by atoms with E-state index in [1.807, 2.05) is 31.2 Å². The van der Waals surface area contributed by atoms with Crippen LogP contribution in [0, 0.1) is 6.92 Å². The molecule has 1 aliphatic rings. The third kappa shape index (κ3) is 3.70. The molecule has 0 spiro atoms. The van der Waals surface area contributed by atoms with Crippen LogP contribution < -0.4 is 4.90 Å². The number of benzene rings is 2. The van der Waals surface area contributed by atoms with Gasteiger partial charge in [0, 0.05) is 41.9 Å². The van der Waals surface area contributed by atoms with Gasteiger partial charge in [-0.1, -0.05) is 40.9 Å². The molecule has 0 aromatic heterocycles. The van der Waals surface area contributed by atoms with Gasteiger partial charge in [-0.25, -0.2) is 8.42 Å². The van der Waals surface area contributed by atoms with Gasteiger partial charge in [-0.2, -0.15) is 4.31 Å². The summed E-state index contributed by atoms with van der Waals surface area (Å²) >= 11 is 12.1. The number of sulfonamides is 1. The minimum absolute atomic E-state index is 0.340. The maximum atomic E-state index is 12.7. The van der Waals surface area contributed by atoms with Crippen LogP contribution in [-0.4, -0.2) is 38.9 Å². The van der Waals surface area contributed by atoms with E-state index in [9.17, 15) is 8.42 Å². The first kappa shape index (κ1) is 17.5. The molecule has 2 aromatic carbocycles. The van der Waals surface area contributed by atoms with Gasteiger partial charge in [0.25, 0.3) is 0 Å². The van der Waals surface area contributed by atoms with Crippen molar-refractivity contribution in [2.24, 2.45) is 0 Å². The summed E-state index contributed by atoms with van der Waals surface area (Å²) in [6, 6.07) is 12.3. The van der Waals surface area contributed by atoms with E-state index in [1.54, 1.807) is 18.2 Å². The van der Waals surface area contributed by atoms with Gasteiger partial charge in [-0.15, -0.1) is 0 Å². The van der Waals surface area contributed by atoms with Gasteiger partial charge >= 0.3 is 0 Å². The molecule has 128 valence electrons. The number of rotatable bonds is 3. The molecule has 0 N–H and O–H groups in total. The van der Waals surface area contributed by atoms with Crippen LogP contribution >= 0.6 is 23.2 Å². The zero-order valence-electron chi connectivity index (χ0n) is 13.2. The number of nitrogens with zero attached hydrogens (tertiary/aromatic N) is 2. The number of halogens is 2. The first-order chi connectivity index (χ1) is 11.4. The highest BCUT2D eigenvalue weighted by Crippen LogP contribution is 2.27. The summed E-state index contributed by atoms with van der Waals surface area (Å²) in [6.45, 7) is 4.00. The molecule has 0 amide bonds. The molecular formula is C17H18Cl2N2O2S. The summed E-state index contributed by atoms with van der Waals surface area (Å²) in [5.74, 6) is 0. The van der Waals surface area contributed by atoms with Crippen LogP contribution in [0.2, 0.25) is 10.0 Å². The normalized spacial score (nSPS) is 16.4. The van der Waals surface area contributed by atoms with Crippen LogP contribution in [0.4, 0.5) is 5.69 Å². The quantitative estimate of drug-likeness (QED) is 0.807. The Kier molecular flexibility index (Phi) is 5.06. The van der Waals surface area contributed by atoms with E-state index < -0.39 is 10.0 Å². The molecular weight excluding hydrogens is 367 g/mol. The molecule has 0 radical (unpaired) electrons. The third-order valence-electron chi connectivity index (χ3n) is 4.11. The summed E-state index contributed by atoms with van der Waals surface area (Å²) in [7, 11) is -3.45. The summed E-state index contributed by atoms with van der Waals surface area (Å²) in [5, 5.41) is 1.15. The van der Waals surface area contributed by atoms with E-state index in [-0.39, 0.29) is 0 Å². The predicted molar refractivity (Wildman–Crippen MR) is 98.6 cm³/mol. The van der Waals surface area contributed by atoms with E-state index in [1.165, 1.54) is 4.31 Å². The fourth-order valence-corrected chi connectivity index (χ4v) is 4.70. The lowest BCUT2D eigenvalue weighted by Gasteiger charge is -2.35. The monoisotopic (exact) mass is 384 g/mol. The van der Waals surface area contributed by atoms with Crippen LogP contribution in [0.25, 0.3) is 0 Å². The molecule has 4 nitrogen and oxygen atoms in total. The molecule has 1 fully saturated rings. The Labute approximate surface area is 152 Å². The molecule has 1 saturated heterocycles. The average Bonchev–Trinajstić information content (AvgIpc) is 2.54. The van der Waals surface area contributed by atoms with E-state index in [0.29, 0.717) is 41.1 Å². The minimum atomic E-state index is -3.45. The van der Waals surface area contributed by atoms with Crippen molar-refractivity contribution < 1.29 is 8.42 Å². The molecule has 24 heavy (non-hydrogen) atoms. The van der Waals surface area contributed by atoms with Crippen molar-refractivity contribution in [3.05, 3.63) is 58.1 Å². The second-order valence-corrected chi connectivity index (χ2v) is 8.64. The second kappa shape index (κ2) is 6.92. The Morgan fingerprint density at radius 3 is 1.96 bits per heavy atom. The van der Waals surface area contributed by atoms with Crippen molar-refractivity contribution in [3.63, 3.8) is 0 Å². The Balaban J connectivity index is 1.73. The van der Waals surface area contributed by atoms with Gasteiger partial charge in [-0.05, 0) is 37.3 Å². The molecule has 0 aliphatic carbocycles. The molecule has 1 heterocycles. The summed E-state index contributed by atoms with van der Waals surface area (Å²) in [5.41, 5.74) is 1.96. The molecule has 0 bridgehead atoms. The highest BCUT2D eigenvalue weighted by atomic mass is 35.5. The summed E-state index contributed by atoms with van der Waals surface area (Å²) in [6.07, 6.45) is 0. The molecule has 3 rings (SSSR count). The number of aryl methyl sites for hydroxylation is 1. The summed E-state index contributed by atoms with van der Waals surface area (Å²) < 4.78 is 27.0. The van der Waals surface area contributed by atoms with Crippen LogP contribution in [0.3, 0.4) is 0 Å². The van der Waals surface area contributed by atoms with E-state index in [0.717, 1.165) is 11.3 Å². The fourth-order valence-electron chi connectivity index (χ4n) is 2.77. The van der Waals surface area contributed by atoms with Crippen molar-refractivity contribution in [2.45, 2.75) is 11.8 Å². The fraction of sp³-hybridized carbons (Fsp3) is 0.294. The van der Waals surface area contributed by atoms with Crippen LogP contribution in [0.1, 0.15) is 5.56 Å². The largest absolute Gasteiger partial charge is 0.369 e. The van der Waals surface area contributed by atoms with Gasteiger partial charge < -0.3 is 4.90 Å². The number of hydrogen-bond donors (Lipinski definition) is 0. The van der Waals surface area contributed by atoms with Gasteiger partial charge in [0.15, 0.2) is 0 Å². The smallest absolute Gasteiger partial charge is 0.243 e. The van der Waals surface area contributed by atoms with Crippen molar-refractivity contribution >= 4 is 38.9 Å². The minimum Gasteiger partial charge on any atom is -0.369 e. The van der Waals surface area contributed by atoms with Crippen LogP contribution in [0.5, 0.6) is 0 Å². The number of hydrogen-bond acceptors (Lipinski definition) is 3. The van der Waals surface area contributed by atoms with Crippen molar-refractivity contribution in [2.75, 3.05) is 31.1 Å². The van der Waals surface area contributed by atoms with Gasteiger partial charge in [0.05, 0.1) is 4.90 Å². The summed E-state index contributed by atoms with van der Waals surface area (Å²) in [4.78, 5) is 2.44. The number of anilines is 1. The third-order valence-corrected chi connectivity index (χ3v) is 6.46. The van der Waals surface area contributed by atoms with Crippen molar-refractivity contribution in [1.29, 1.82) is 0 Å². The Morgan fingerprint density at radius 2 is 1.42 bits per heavy atom. The van der Waals surface area contributed by atoms with E-state index in [2.05, 4.69) is 4.90 Å². The van der Waals surface area contributed by atoms with Crippen LogP contribution in [0.15, 0.2) is 47.4 Å². The maximum absolute atomic E-state index is 12.7. The Hall–Kier alpha value is -1.27. The van der Waals surface area contributed by atoms with Gasteiger partial charge in [0.2, 0.25) is 10.0 Å². The topological polar surface area (TPSA) is 40.6 Å². The van der Waals surface area contributed by atoms with Gasteiger partial charge in [0.1, 0.15) is 0 Å². The zero-order chi connectivity index (χ0) is 17.3. The first-order valence-electron chi connectivity index (χ1n) is 7.64. The van der Waals surface area contributed by atoms with Crippen molar-refractivity contribution in [1.82, 2.24) is 4.31 Å². The average molecular weight is 385 g/mol. The number of piperazine rings is 1. The maximum Gasteiger partial charge on any atom is 0.243 e. The lowest BCUT2D eigenvalue weighted by Crippen LogP contribution is -2.48. The standard InChI is InChI=1S/C17H18Cl2N2O2S/c1-13-2-4-17(5-3-13)24(22,23)21-8-6-20(7-9-21)16-11-14(18)10-15(19)12-16/h2-5,10-12H,6-9H2,1H3. The van der Waals surface area contributed by atoms with Crippen molar-refractivity contribution in [3.8, 4) is 0 Å². The molecule has 0 saturated carbocycles. The lowest BCUT2D eigenvalue weighted by atomic mass is 10.2. The second-order valence-electron chi connectivity index (χ2n) is 5.83. The predicted octanol–water partition coefficient (Wildman–Crippen LogP) is 3.81. The Bertz CT molecular complexity index is 810. The molecule has 0 atom stereocenters. The van der Waals surface area contributed by atoms with E-state index in [4.69, 9.17) is 23.2 Å². The zero-order valence-corrected chi connectivity index (χ0v) is 15.6. The van der Waals surface area contributed by atoms with Gasteiger partial charge in [-0.3, -0.25) is 0 Å². The highest BCUT2D eigenvalue weighted by Gasteiger charge is 2.28. The first-order valence-corrected chi connectivity index (χ1v) is 9.84. The SMILES string of the molecule is Cc1ccc(S(=O)(=O)N2CCN(c3cc(Cl)cc(Cl)c3)CC2)cc1. The lowest BCUT2D eigenvalue weighted by molar-refractivity contribution is 0.385. The van der Waals surface area contributed by atoms with E-state index >= 15 is 0 Å². The molecule has 1 aliphatic heterocycles. The Morgan fingerprint density at radius 1 is 0.875 bits per heavy atom. The van der Waals surface area contributed by atoms with Crippen LogP contribution in [-0.2, 0) is 10.0 Å². The molecule has 2 aromatic rings.